The van der Waals surface area contributed by atoms with Gasteiger partial charge in [0.1, 0.15) is 23.0 Å². The van der Waals surface area contributed by atoms with Gasteiger partial charge >= 0.3 is 0 Å². The lowest BCUT2D eigenvalue weighted by Gasteiger charge is -2.31. The molecule has 0 aliphatic carbocycles. The fourth-order valence-electron chi connectivity index (χ4n) is 4.21. The van der Waals surface area contributed by atoms with Crippen LogP contribution >= 0.6 is 0 Å². The number of carbonyl (C=O) groups is 2. The number of nitrogens with zero attached hydrogens (tertiary/aromatic N) is 2. The van der Waals surface area contributed by atoms with Gasteiger partial charge in [-0.25, -0.2) is 9.97 Å². The Labute approximate surface area is 209 Å². The van der Waals surface area contributed by atoms with E-state index >= 15 is 0 Å². The lowest BCUT2D eigenvalue weighted by molar-refractivity contribution is 0.0620. The third-order valence-electron chi connectivity index (χ3n) is 5.82. The first-order valence-corrected chi connectivity index (χ1v) is 11.7. The summed E-state index contributed by atoms with van der Waals surface area (Å²) in [5.74, 6) is 1.47. The molecule has 7 heteroatoms. The quantitative estimate of drug-likeness (QED) is 0.355. The summed E-state index contributed by atoms with van der Waals surface area (Å²) >= 11 is 0. The molecule has 1 aliphatic rings. The highest BCUT2D eigenvalue weighted by molar-refractivity contribution is 6.08. The number of aryl methyl sites for hydroxylation is 1. The third-order valence-corrected chi connectivity index (χ3v) is 5.82. The zero-order valence-corrected chi connectivity index (χ0v) is 20.3. The topological polar surface area (TPSA) is 93.2 Å². The van der Waals surface area contributed by atoms with E-state index < -0.39 is 5.60 Å². The molecule has 0 fully saturated rings. The molecule has 4 aromatic rings. The van der Waals surface area contributed by atoms with Crippen LogP contribution in [0.5, 0.6) is 5.75 Å². The van der Waals surface area contributed by atoms with Crippen molar-refractivity contribution < 1.29 is 14.3 Å². The van der Waals surface area contributed by atoms with E-state index in [9.17, 15) is 9.59 Å². The number of hydrogen-bond donors (Lipinski definition) is 2. The molecule has 36 heavy (non-hydrogen) atoms. The largest absolute Gasteiger partial charge is 0.487 e. The van der Waals surface area contributed by atoms with E-state index in [4.69, 9.17) is 4.74 Å². The Hall–Kier alpha value is -4.52. The number of aromatic nitrogens is 2. The van der Waals surface area contributed by atoms with E-state index in [1.165, 1.54) is 0 Å². The number of anilines is 3. The minimum absolute atomic E-state index is 0.0305. The summed E-state index contributed by atoms with van der Waals surface area (Å²) in [6, 6.07) is 24.1. The van der Waals surface area contributed by atoms with Crippen LogP contribution in [0.4, 0.5) is 17.2 Å². The zero-order chi connectivity index (χ0) is 25.3. The lowest BCUT2D eigenvalue weighted by atomic mass is 9.92. The number of ketones is 1. The first-order chi connectivity index (χ1) is 17.3. The number of nitrogens with one attached hydrogen (secondary N) is 2. The Kier molecular flexibility index (Phi) is 5.98. The summed E-state index contributed by atoms with van der Waals surface area (Å²) in [7, 11) is 0. The molecule has 0 saturated carbocycles. The molecule has 0 spiro atoms. The number of Topliss-reactive ketones (excluding diaryl/α,β-unsaturated/α-hetero) is 1. The third kappa shape index (κ3) is 5.10. The average molecular weight is 479 g/mol. The maximum Gasteiger partial charge on any atom is 0.255 e. The average Bonchev–Trinajstić information content (AvgIpc) is 2.83. The zero-order valence-electron chi connectivity index (χ0n) is 20.3. The fraction of sp³-hybridized carbons (Fsp3) is 0.172. The molecule has 1 aromatic heterocycles. The van der Waals surface area contributed by atoms with Gasteiger partial charge < -0.3 is 15.4 Å². The number of rotatable bonds is 5. The molecule has 7 nitrogen and oxygen atoms in total. The van der Waals surface area contributed by atoms with Crippen molar-refractivity contribution in [2.75, 3.05) is 10.6 Å². The number of benzene rings is 3. The van der Waals surface area contributed by atoms with E-state index in [2.05, 4.69) is 20.6 Å². The van der Waals surface area contributed by atoms with E-state index in [-0.39, 0.29) is 18.1 Å². The SMILES string of the molecule is Cc1nc(Nc2cccc(NC(=O)c3ccc4c(c3)C(=O)CC(C)(C)O4)c2)cc(-c2ccccc2)n1. The van der Waals surface area contributed by atoms with Gasteiger partial charge in [-0.3, -0.25) is 9.59 Å². The Morgan fingerprint density at radius 1 is 0.917 bits per heavy atom. The van der Waals surface area contributed by atoms with Gasteiger partial charge in [0.2, 0.25) is 0 Å². The maximum absolute atomic E-state index is 12.9. The van der Waals surface area contributed by atoms with Crippen LogP contribution in [-0.4, -0.2) is 27.3 Å². The van der Waals surface area contributed by atoms with E-state index in [0.717, 1.165) is 16.9 Å². The molecule has 5 rings (SSSR count). The lowest BCUT2D eigenvalue weighted by Crippen LogP contribution is -2.36. The van der Waals surface area contributed by atoms with Crippen molar-refractivity contribution in [3.8, 4) is 17.0 Å². The Morgan fingerprint density at radius 3 is 2.50 bits per heavy atom. The number of hydrogen-bond acceptors (Lipinski definition) is 6. The Bertz CT molecular complexity index is 1460. The molecule has 0 bridgehead atoms. The summed E-state index contributed by atoms with van der Waals surface area (Å²) < 4.78 is 5.89. The smallest absolute Gasteiger partial charge is 0.255 e. The van der Waals surface area contributed by atoms with Gasteiger partial charge in [-0.1, -0.05) is 36.4 Å². The van der Waals surface area contributed by atoms with Crippen molar-refractivity contribution in [1.82, 2.24) is 9.97 Å². The van der Waals surface area contributed by atoms with Crippen molar-refractivity contribution >= 4 is 28.9 Å². The molecule has 2 N–H and O–H groups in total. The predicted molar refractivity (Wildman–Crippen MR) is 140 cm³/mol. The van der Waals surface area contributed by atoms with Crippen LogP contribution in [0.2, 0.25) is 0 Å². The number of amides is 1. The second-order valence-electron chi connectivity index (χ2n) is 9.38. The van der Waals surface area contributed by atoms with Crippen molar-refractivity contribution in [2.24, 2.45) is 0 Å². The Morgan fingerprint density at radius 2 is 1.69 bits per heavy atom. The molecule has 180 valence electrons. The highest BCUT2D eigenvalue weighted by Gasteiger charge is 2.32. The van der Waals surface area contributed by atoms with Crippen LogP contribution in [0.1, 0.15) is 46.8 Å². The van der Waals surface area contributed by atoms with Crippen molar-refractivity contribution in [3.05, 3.63) is 95.8 Å². The minimum Gasteiger partial charge on any atom is -0.487 e. The van der Waals surface area contributed by atoms with Gasteiger partial charge in [0, 0.05) is 28.6 Å². The van der Waals surface area contributed by atoms with Crippen molar-refractivity contribution in [1.29, 1.82) is 0 Å². The second kappa shape index (κ2) is 9.26. The van der Waals surface area contributed by atoms with Crippen molar-refractivity contribution in [2.45, 2.75) is 32.8 Å². The Balaban J connectivity index is 1.33. The van der Waals surface area contributed by atoms with Gasteiger partial charge in [0.25, 0.3) is 5.91 Å². The van der Waals surface area contributed by atoms with Gasteiger partial charge in [-0.05, 0) is 57.2 Å². The summed E-state index contributed by atoms with van der Waals surface area (Å²) in [5.41, 5.74) is 3.48. The minimum atomic E-state index is -0.550. The highest BCUT2D eigenvalue weighted by Crippen LogP contribution is 2.33. The molecule has 2 heterocycles. The fourth-order valence-corrected chi connectivity index (χ4v) is 4.21. The van der Waals surface area contributed by atoms with Crippen molar-refractivity contribution in [3.63, 3.8) is 0 Å². The summed E-state index contributed by atoms with van der Waals surface area (Å²) in [5, 5.41) is 6.21. The summed E-state index contributed by atoms with van der Waals surface area (Å²) in [4.78, 5) is 34.5. The monoisotopic (exact) mass is 478 g/mol. The van der Waals surface area contributed by atoms with Gasteiger partial charge in [-0.2, -0.15) is 0 Å². The molecular weight excluding hydrogens is 452 g/mol. The van der Waals surface area contributed by atoms with E-state index in [1.807, 2.05) is 75.4 Å². The molecule has 0 unspecified atom stereocenters. The molecule has 0 radical (unpaired) electrons. The molecule has 0 saturated heterocycles. The first kappa shape index (κ1) is 23.2. The number of ether oxygens (including phenoxy) is 1. The van der Waals surface area contributed by atoms with E-state index in [1.54, 1.807) is 24.3 Å². The molecule has 1 aliphatic heterocycles. The standard InChI is InChI=1S/C29H26N4O3/c1-18-30-24(19-8-5-4-6-9-19)16-27(31-18)32-21-10-7-11-22(15-21)33-28(35)20-12-13-26-23(14-20)25(34)17-29(2,3)36-26/h4-16H,17H2,1-3H3,(H,33,35)(H,30,31,32). The maximum atomic E-state index is 12.9. The summed E-state index contributed by atoms with van der Waals surface area (Å²) in [6.45, 7) is 5.60. The van der Waals surface area contributed by atoms with Crippen LogP contribution in [-0.2, 0) is 0 Å². The van der Waals surface area contributed by atoms with Crippen LogP contribution in [0.25, 0.3) is 11.3 Å². The van der Waals surface area contributed by atoms with Crippen LogP contribution in [0.15, 0.2) is 78.9 Å². The number of carbonyl (C=O) groups excluding carboxylic acids is 2. The van der Waals surface area contributed by atoms with Gasteiger partial charge in [0.15, 0.2) is 5.78 Å². The molecule has 0 atom stereocenters. The normalized spacial score (nSPS) is 13.9. The highest BCUT2D eigenvalue weighted by atomic mass is 16.5. The molecule has 3 aromatic carbocycles. The molecule has 1 amide bonds. The van der Waals surface area contributed by atoms with Gasteiger partial charge in [0.05, 0.1) is 17.7 Å². The number of fused-ring (bicyclic) bond motifs is 1. The van der Waals surface area contributed by atoms with Gasteiger partial charge in [-0.15, -0.1) is 0 Å². The first-order valence-electron chi connectivity index (χ1n) is 11.7. The van der Waals surface area contributed by atoms with Crippen LogP contribution in [0, 0.1) is 6.92 Å². The van der Waals surface area contributed by atoms with E-state index in [0.29, 0.717) is 34.2 Å². The predicted octanol–water partition coefficient (Wildman–Crippen LogP) is 6.19. The van der Waals surface area contributed by atoms with Crippen LogP contribution < -0.4 is 15.4 Å². The van der Waals surface area contributed by atoms with Crippen LogP contribution in [0.3, 0.4) is 0 Å². The summed E-state index contributed by atoms with van der Waals surface area (Å²) in [6.07, 6.45) is 0.271. The second-order valence-corrected chi connectivity index (χ2v) is 9.38. The molecular formula is C29H26N4O3.